The average Bonchev–Trinajstić information content (AvgIpc) is 3.20. The van der Waals surface area contributed by atoms with E-state index in [9.17, 15) is 8.42 Å². The van der Waals surface area contributed by atoms with Crippen LogP contribution in [-0.4, -0.2) is 23.2 Å². The van der Waals surface area contributed by atoms with Gasteiger partial charge in [-0.2, -0.15) is 5.10 Å². The van der Waals surface area contributed by atoms with Crippen LogP contribution in [0.15, 0.2) is 66.1 Å². The molecule has 0 aliphatic carbocycles. The molecule has 0 bridgehead atoms. The molecule has 2 aromatic carbocycles. The van der Waals surface area contributed by atoms with Gasteiger partial charge in [0, 0.05) is 6.54 Å². The summed E-state index contributed by atoms with van der Waals surface area (Å²) >= 11 is 0. The van der Waals surface area contributed by atoms with Gasteiger partial charge in [0.2, 0.25) is 10.0 Å². The zero-order valence-corrected chi connectivity index (χ0v) is 16.4. The molecular weight excluding hydrogens is 360 g/mol. The minimum Gasteiger partial charge on any atom is -0.249 e. The highest BCUT2D eigenvalue weighted by Crippen LogP contribution is 2.20. The van der Waals surface area contributed by atoms with Crippen LogP contribution in [0.25, 0.3) is 0 Å². The molecule has 0 fully saturated rings. The fraction of sp³-hybridized carbons (Fsp3) is 0.300. The van der Waals surface area contributed by atoms with E-state index in [0.717, 1.165) is 23.1 Å². The van der Waals surface area contributed by atoms with Crippen molar-refractivity contribution in [3.8, 4) is 0 Å². The summed E-state index contributed by atoms with van der Waals surface area (Å²) in [4.78, 5) is 4.21. The fourth-order valence-corrected chi connectivity index (χ4v) is 3.75. The first-order valence-corrected chi connectivity index (χ1v) is 10.5. The molecule has 0 aliphatic rings. The van der Waals surface area contributed by atoms with Crippen LogP contribution in [0.2, 0.25) is 0 Å². The van der Waals surface area contributed by atoms with Gasteiger partial charge in [0.1, 0.15) is 12.7 Å². The Morgan fingerprint density at radius 1 is 1.04 bits per heavy atom. The third-order valence-corrected chi connectivity index (χ3v) is 6.09. The first kappa shape index (κ1) is 19.3. The molecule has 1 unspecified atom stereocenters. The van der Waals surface area contributed by atoms with Crippen LogP contribution in [0.4, 0.5) is 0 Å². The predicted octanol–water partition coefficient (Wildman–Crippen LogP) is 3.32. The van der Waals surface area contributed by atoms with Crippen LogP contribution in [0, 0.1) is 0 Å². The Kier molecular flexibility index (Phi) is 6.03. The standard InChI is InChI=1S/C20H24N4O2S/c1-3-16(2)19-8-10-20(11-9-19)27(25,26)23-12-17-4-6-18(7-5-17)13-24-15-21-14-22-24/h4-11,14-16,23H,3,12-13H2,1-2H3. The van der Waals surface area contributed by atoms with Crippen molar-refractivity contribution < 1.29 is 8.42 Å². The van der Waals surface area contributed by atoms with E-state index in [1.54, 1.807) is 23.1 Å². The second-order valence-corrected chi connectivity index (χ2v) is 8.38. The number of hydrogen-bond acceptors (Lipinski definition) is 4. The summed E-state index contributed by atoms with van der Waals surface area (Å²) in [6.07, 6.45) is 4.18. The smallest absolute Gasteiger partial charge is 0.240 e. The molecule has 3 rings (SSSR count). The van der Waals surface area contributed by atoms with Gasteiger partial charge >= 0.3 is 0 Å². The van der Waals surface area contributed by atoms with E-state index in [4.69, 9.17) is 0 Å². The molecule has 0 saturated carbocycles. The maximum atomic E-state index is 12.5. The lowest BCUT2D eigenvalue weighted by Crippen LogP contribution is -2.23. The van der Waals surface area contributed by atoms with Crippen LogP contribution in [-0.2, 0) is 23.1 Å². The van der Waals surface area contributed by atoms with Crippen molar-refractivity contribution in [2.24, 2.45) is 0 Å². The quantitative estimate of drug-likeness (QED) is 0.646. The van der Waals surface area contributed by atoms with Crippen molar-refractivity contribution in [3.05, 3.63) is 77.9 Å². The molecule has 0 aliphatic heterocycles. The molecule has 1 N–H and O–H groups in total. The summed E-state index contributed by atoms with van der Waals surface area (Å²) in [5.74, 6) is 0.422. The first-order chi connectivity index (χ1) is 13.0. The van der Waals surface area contributed by atoms with Gasteiger partial charge < -0.3 is 0 Å². The minimum atomic E-state index is -3.53. The van der Waals surface area contributed by atoms with Crippen molar-refractivity contribution in [1.82, 2.24) is 19.5 Å². The molecule has 1 atom stereocenters. The van der Waals surface area contributed by atoms with Gasteiger partial charge in [0.15, 0.2) is 0 Å². The number of rotatable bonds is 8. The fourth-order valence-electron chi connectivity index (χ4n) is 2.74. The highest BCUT2D eigenvalue weighted by atomic mass is 32.2. The van der Waals surface area contributed by atoms with E-state index in [1.807, 2.05) is 36.4 Å². The van der Waals surface area contributed by atoms with Crippen molar-refractivity contribution >= 4 is 10.0 Å². The topological polar surface area (TPSA) is 76.9 Å². The number of aromatic nitrogens is 3. The van der Waals surface area contributed by atoms with Gasteiger partial charge in [-0.05, 0) is 41.2 Å². The number of nitrogens with one attached hydrogen (secondary N) is 1. The minimum absolute atomic E-state index is 0.249. The zero-order chi connectivity index (χ0) is 19.3. The second-order valence-electron chi connectivity index (χ2n) is 6.61. The molecule has 1 aromatic heterocycles. The van der Waals surface area contributed by atoms with E-state index in [0.29, 0.717) is 12.5 Å². The molecule has 0 radical (unpaired) electrons. The summed E-state index contributed by atoms with van der Waals surface area (Å²) in [6, 6.07) is 14.9. The summed E-state index contributed by atoms with van der Waals surface area (Å²) in [5.41, 5.74) is 3.13. The number of benzene rings is 2. The third kappa shape index (κ3) is 5.02. The largest absolute Gasteiger partial charge is 0.249 e. The van der Waals surface area contributed by atoms with Crippen molar-refractivity contribution in [1.29, 1.82) is 0 Å². The normalized spacial score (nSPS) is 12.8. The Balaban J connectivity index is 1.61. The number of sulfonamides is 1. The van der Waals surface area contributed by atoms with E-state index in [1.165, 1.54) is 6.33 Å². The van der Waals surface area contributed by atoms with Crippen LogP contribution in [0.1, 0.15) is 42.9 Å². The van der Waals surface area contributed by atoms with Crippen LogP contribution in [0.5, 0.6) is 0 Å². The van der Waals surface area contributed by atoms with E-state index in [-0.39, 0.29) is 11.4 Å². The van der Waals surface area contributed by atoms with Gasteiger partial charge in [-0.3, -0.25) is 0 Å². The molecule has 0 spiro atoms. The van der Waals surface area contributed by atoms with Crippen molar-refractivity contribution in [2.45, 2.75) is 44.2 Å². The van der Waals surface area contributed by atoms with Crippen molar-refractivity contribution in [3.63, 3.8) is 0 Å². The molecule has 7 heteroatoms. The molecule has 3 aromatic rings. The lowest BCUT2D eigenvalue weighted by molar-refractivity contribution is 0.581. The molecular formula is C20H24N4O2S. The lowest BCUT2D eigenvalue weighted by atomic mass is 9.99. The molecule has 142 valence electrons. The predicted molar refractivity (Wildman–Crippen MR) is 105 cm³/mol. The number of nitrogens with zero attached hydrogens (tertiary/aromatic N) is 3. The first-order valence-electron chi connectivity index (χ1n) is 8.98. The molecule has 6 nitrogen and oxygen atoms in total. The second kappa shape index (κ2) is 8.45. The van der Waals surface area contributed by atoms with Gasteiger partial charge in [-0.1, -0.05) is 50.2 Å². The maximum Gasteiger partial charge on any atom is 0.240 e. The van der Waals surface area contributed by atoms with Gasteiger partial charge in [0.25, 0.3) is 0 Å². The van der Waals surface area contributed by atoms with Crippen LogP contribution >= 0.6 is 0 Å². The van der Waals surface area contributed by atoms with Crippen molar-refractivity contribution in [2.75, 3.05) is 0 Å². The van der Waals surface area contributed by atoms with Gasteiger partial charge in [-0.25, -0.2) is 22.8 Å². The Morgan fingerprint density at radius 2 is 1.70 bits per heavy atom. The summed E-state index contributed by atoms with van der Waals surface area (Å²) in [5, 5.41) is 4.07. The molecule has 0 saturated heterocycles. The molecule has 27 heavy (non-hydrogen) atoms. The lowest BCUT2D eigenvalue weighted by Gasteiger charge is -2.11. The van der Waals surface area contributed by atoms with Crippen LogP contribution < -0.4 is 4.72 Å². The van der Waals surface area contributed by atoms with E-state index >= 15 is 0 Å². The average molecular weight is 385 g/mol. The van der Waals surface area contributed by atoms with E-state index < -0.39 is 10.0 Å². The van der Waals surface area contributed by atoms with Gasteiger partial charge in [-0.15, -0.1) is 0 Å². The van der Waals surface area contributed by atoms with Crippen LogP contribution in [0.3, 0.4) is 0 Å². The Bertz CT molecular complexity index is 950. The molecule has 1 heterocycles. The summed E-state index contributed by atoms with van der Waals surface area (Å²) in [7, 11) is -3.53. The Labute approximate surface area is 160 Å². The highest BCUT2D eigenvalue weighted by Gasteiger charge is 2.14. The van der Waals surface area contributed by atoms with E-state index in [2.05, 4.69) is 28.7 Å². The Morgan fingerprint density at radius 3 is 2.30 bits per heavy atom. The monoisotopic (exact) mass is 384 g/mol. The zero-order valence-electron chi connectivity index (χ0n) is 15.5. The molecule has 0 amide bonds. The highest BCUT2D eigenvalue weighted by molar-refractivity contribution is 7.89. The van der Waals surface area contributed by atoms with Gasteiger partial charge in [0.05, 0.1) is 11.4 Å². The summed E-state index contributed by atoms with van der Waals surface area (Å²) < 4.78 is 29.4. The Hall–Kier alpha value is -2.51. The number of hydrogen-bond donors (Lipinski definition) is 1. The maximum absolute atomic E-state index is 12.5. The third-order valence-electron chi connectivity index (χ3n) is 4.67. The summed E-state index contributed by atoms with van der Waals surface area (Å²) in [6.45, 7) is 5.13. The SMILES string of the molecule is CCC(C)c1ccc(S(=O)(=O)NCc2ccc(Cn3cncn3)cc2)cc1.